The molecule has 2 aliphatic rings. The topological polar surface area (TPSA) is 80.3 Å². The number of hydrogen-bond donors (Lipinski definition) is 1. The number of benzene rings is 1. The first-order chi connectivity index (χ1) is 11.7. The lowest BCUT2D eigenvalue weighted by Gasteiger charge is -2.34. The molecular weight excluding hydrogens is 314 g/mol. The van der Waals surface area contributed by atoms with Gasteiger partial charge in [0.2, 0.25) is 6.79 Å². The zero-order valence-corrected chi connectivity index (χ0v) is 13.6. The van der Waals surface area contributed by atoms with E-state index in [-0.39, 0.29) is 18.9 Å². The Balaban J connectivity index is 1.45. The number of amides is 3. The molecule has 2 aliphatic heterocycles. The van der Waals surface area contributed by atoms with Crippen LogP contribution in [0.1, 0.15) is 12.5 Å². The van der Waals surface area contributed by atoms with E-state index < -0.39 is 0 Å². The van der Waals surface area contributed by atoms with Gasteiger partial charge in [-0.2, -0.15) is 0 Å². The first-order valence-electron chi connectivity index (χ1n) is 8.00. The molecular formula is C16H21N3O5. The lowest BCUT2D eigenvalue weighted by molar-refractivity contribution is 0.0851. The van der Waals surface area contributed by atoms with Crippen LogP contribution in [0, 0.1) is 0 Å². The van der Waals surface area contributed by atoms with E-state index in [1.165, 1.54) is 0 Å². The van der Waals surface area contributed by atoms with Crippen LogP contribution in [0.4, 0.5) is 9.59 Å². The normalized spacial score (nSPS) is 16.0. The van der Waals surface area contributed by atoms with E-state index in [4.69, 9.17) is 14.2 Å². The highest BCUT2D eigenvalue weighted by Gasteiger charge is 2.24. The molecule has 24 heavy (non-hydrogen) atoms. The molecule has 8 nitrogen and oxygen atoms in total. The van der Waals surface area contributed by atoms with Gasteiger partial charge in [0, 0.05) is 32.7 Å². The van der Waals surface area contributed by atoms with Gasteiger partial charge >= 0.3 is 12.1 Å². The lowest BCUT2D eigenvalue weighted by Crippen LogP contribution is -2.53. The number of urea groups is 1. The number of ether oxygens (including phenoxy) is 3. The van der Waals surface area contributed by atoms with Crippen LogP contribution in [0.2, 0.25) is 0 Å². The van der Waals surface area contributed by atoms with E-state index in [1.54, 1.807) is 16.7 Å². The summed E-state index contributed by atoms with van der Waals surface area (Å²) >= 11 is 0. The third-order valence-electron chi connectivity index (χ3n) is 3.97. The molecule has 0 aliphatic carbocycles. The van der Waals surface area contributed by atoms with Crippen LogP contribution >= 0.6 is 0 Å². The van der Waals surface area contributed by atoms with E-state index in [0.717, 1.165) is 11.3 Å². The number of piperazine rings is 1. The molecule has 0 bridgehead atoms. The minimum Gasteiger partial charge on any atom is -0.454 e. The molecule has 0 radical (unpaired) electrons. The molecule has 1 saturated heterocycles. The lowest BCUT2D eigenvalue weighted by atomic mass is 10.2. The van der Waals surface area contributed by atoms with Crippen molar-refractivity contribution in [3.05, 3.63) is 23.8 Å². The van der Waals surface area contributed by atoms with Crippen molar-refractivity contribution < 1.29 is 23.8 Å². The SMILES string of the molecule is CCOC(=O)N1CCN(C(=O)NCc2ccc3c(c2)OCO3)CC1. The number of nitrogens with zero attached hydrogens (tertiary/aromatic N) is 2. The molecule has 1 aromatic carbocycles. The molecule has 0 aromatic heterocycles. The molecule has 0 atom stereocenters. The maximum absolute atomic E-state index is 12.2. The van der Waals surface area contributed by atoms with Crippen LogP contribution in [0.15, 0.2) is 18.2 Å². The molecule has 3 rings (SSSR count). The van der Waals surface area contributed by atoms with Crippen LogP contribution in [-0.4, -0.2) is 61.5 Å². The van der Waals surface area contributed by atoms with Crippen molar-refractivity contribution in [2.45, 2.75) is 13.5 Å². The molecule has 130 valence electrons. The molecule has 0 saturated carbocycles. The number of nitrogens with one attached hydrogen (secondary N) is 1. The predicted molar refractivity (Wildman–Crippen MR) is 85.0 cm³/mol. The number of carbonyl (C=O) groups is 2. The summed E-state index contributed by atoms with van der Waals surface area (Å²) < 4.78 is 15.5. The van der Waals surface area contributed by atoms with Crippen molar-refractivity contribution >= 4 is 12.1 Å². The van der Waals surface area contributed by atoms with Gasteiger partial charge in [-0.1, -0.05) is 6.07 Å². The average molecular weight is 335 g/mol. The highest BCUT2D eigenvalue weighted by molar-refractivity contribution is 5.75. The first kappa shape index (κ1) is 16.2. The molecule has 8 heteroatoms. The fraction of sp³-hybridized carbons (Fsp3) is 0.500. The van der Waals surface area contributed by atoms with Gasteiger partial charge in [0.15, 0.2) is 11.5 Å². The van der Waals surface area contributed by atoms with Gasteiger partial charge < -0.3 is 29.3 Å². The number of rotatable bonds is 3. The van der Waals surface area contributed by atoms with Crippen molar-refractivity contribution in [2.75, 3.05) is 39.6 Å². The standard InChI is InChI=1S/C16H21N3O5/c1-2-22-16(21)19-7-5-18(6-8-19)15(20)17-10-12-3-4-13-14(9-12)24-11-23-13/h3-4,9H,2,5-8,10-11H2,1H3,(H,17,20). The molecule has 1 fully saturated rings. The Morgan fingerprint density at radius 1 is 1.12 bits per heavy atom. The van der Waals surface area contributed by atoms with Crippen LogP contribution in [0.3, 0.4) is 0 Å². The van der Waals surface area contributed by atoms with E-state index in [1.807, 2.05) is 18.2 Å². The molecule has 0 spiro atoms. The van der Waals surface area contributed by atoms with Gasteiger partial charge in [-0.15, -0.1) is 0 Å². The summed E-state index contributed by atoms with van der Waals surface area (Å²) in [5, 5.41) is 2.88. The van der Waals surface area contributed by atoms with Gasteiger partial charge in [-0.05, 0) is 24.6 Å². The summed E-state index contributed by atoms with van der Waals surface area (Å²) in [6, 6.07) is 5.45. The van der Waals surface area contributed by atoms with Gasteiger partial charge in [0.1, 0.15) is 0 Å². The molecule has 2 heterocycles. The highest BCUT2D eigenvalue weighted by atomic mass is 16.7. The zero-order valence-electron chi connectivity index (χ0n) is 13.6. The Labute approximate surface area is 140 Å². The Kier molecular flexibility index (Phi) is 4.93. The summed E-state index contributed by atoms with van der Waals surface area (Å²) in [6.45, 7) is 4.72. The fourth-order valence-electron chi connectivity index (χ4n) is 2.65. The Bertz CT molecular complexity index is 614. The largest absolute Gasteiger partial charge is 0.454 e. The van der Waals surface area contributed by atoms with E-state index in [0.29, 0.717) is 45.1 Å². The maximum atomic E-state index is 12.2. The Morgan fingerprint density at radius 2 is 1.83 bits per heavy atom. The summed E-state index contributed by atoms with van der Waals surface area (Å²) in [5.41, 5.74) is 0.942. The first-order valence-corrected chi connectivity index (χ1v) is 8.00. The number of hydrogen-bond acceptors (Lipinski definition) is 5. The van der Waals surface area contributed by atoms with Crippen LogP contribution < -0.4 is 14.8 Å². The molecule has 1 N–H and O–H groups in total. The molecule has 1 aromatic rings. The van der Waals surface area contributed by atoms with Crippen LogP contribution in [-0.2, 0) is 11.3 Å². The van der Waals surface area contributed by atoms with Crippen molar-refractivity contribution in [1.82, 2.24) is 15.1 Å². The van der Waals surface area contributed by atoms with Gasteiger partial charge in [-0.25, -0.2) is 9.59 Å². The van der Waals surface area contributed by atoms with Gasteiger partial charge in [0.05, 0.1) is 6.61 Å². The van der Waals surface area contributed by atoms with Gasteiger partial charge in [-0.3, -0.25) is 0 Å². The predicted octanol–water partition coefficient (Wildman–Crippen LogP) is 1.40. The summed E-state index contributed by atoms with van der Waals surface area (Å²) in [5.74, 6) is 1.42. The van der Waals surface area contributed by atoms with E-state index in [9.17, 15) is 9.59 Å². The maximum Gasteiger partial charge on any atom is 0.409 e. The third kappa shape index (κ3) is 3.64. The van der Waals surface area contributed by atoms with Crippen molar-refractivity contribution in [3.63, 3.8) is 0 Å². The minimum absolute atomic E-state index is 0.142. The summed E-state index contributed by atoms with van der Waals surface area (Å²) in [4.78, 5) is 27.2. The van der Waals surface area contributed by atoms with Gasteiger partial charge in [0.25, 0.3) is 0 Å². The number of fused-ring (bicyclic) bond motifs is 1. The van der Waals surface area contributed by atoms with Crippen LogP contribution in [0.5, 0.6) is 11.5 Å². The van der Waals surface area contributed by atoms with Crippen molar-refractivity contribution in [1.29, 1.82) is 0 Å². The fourth-order valence-corrected chi connectivity index (χ4v) is 2.65. The second-order valence-electron chi connectivity index (χ2n) is 5.52. The Morgan fingerprint density at radius 3 is 2.58 bits per heavy atom. The third-order valence-corrected chi connectivity index (χ3v) is 3.97. The van der Waals surface area contributed by atoms with E-state index in [2.05, 4.69) is 5.32 Å². The monoisotopic (exact) mass is 335 g/mol. The minimum atomic E-state index is -0.321. The van der Waals surface area contributed by atoms with Crippen molar-refractivity contribution in [2.24, 2.45) is 0 Å². The average Bonchev–Trinajstić information content (AvgIpc) is 3.07. The highest BCUT2D eigenvalue weighted by Crippen LogP contribution is 2.32. The van der Waals surface area contributed by atoms with Crippen LogP contribution in [0.25, 0.3) is 0 Å². The summed E-state index contributed by atoms with van der Waals surface area (Å²) in [7, 11) is 0. The molecule has 0 unspecified atom stereocenters. The zero-order chi connectivity index (χ0) is 16.9. The second kappa shape index (κ2) is 7.29. The van der Waals surface area contributed by atoms with E-state index >= 15 is 0 Å². The quantitative estimate of drug-likeness (QED) is 0.903. The second-order valence-corrected chi connectivity index (χ2v) is 5.52. The summed E-state index contributed by atoms with van der Waals surface area (Å²) in [6.07, 6.45) is -0.321. The van der Waals surface area contributed by atoms with Crippen molar-refractivity contribution in [3.8, 4) is 11.5 Å². The Hall–Kier alpha value is -2.64. The smallest absolute Gasteiger partial charge is 0.409 e. The molecule has 3 amide bonds. The number of carbonyl (C=O) groups excluding carboxylic acids is 2.